The van der Waals surface area contributed by atoms with Crippen LogP contribution in [0.3, 0.4) is 0 Å². The summed E-state index contributed by atoms with van der Waals surface area (Å²) in [6, 6.07) is 0.299. The molecule has 0 aromatic heterocycles. The molecule has 28 nitrogen and oxygen atoms in total. The van der Waals surface area contributed by atoms with Gasteiger partial charge >= 0.3 is 6.03 Å². The number of nitrogens with two attached hydrogens (primary N) is 1. The standard InChI is InChI=1S/C61H99N11O17S/c1-15-40(8)54(70(12)60(81)52(38(4)5)67-59(80)53(39(6)7)69(10)11)46(85-13)36-50(76)71-28-17-19-45(71)55(86-14)41(9)56(77)68-90(83,84)43-22-20-42(21-23-43)64-57(78)44(18-16-27-63-61(62)82)65-58(79)51(37(2)3)66-47(73)26-30-87-32-34-89-35-33-88-31-29-72-48(74)24-25-49(72)75/h20-25,38-41,44-46,52-55H,15-19,26-36H2,1-14H3,(H,64,78)(H,65,79)(H,66,73)(H,67,80)(H,68,77)(H3,62,63,82)/t40-,41?,44-,45-,46+,52-,53-,54-,55+/m0/s1. The van der Waals surface area contributed by atoms with Crippen molar-refractivity contribution in [2.45, 2.75) is 155 Å². The molecule has 9 atom stereocenters. The highest BCUT2D eigenvalue weighted by molar-refractivity contribution is 7.90. The number of allylic oxidation sites excluding steroid dienone is 1. The van der Waals surface area contributed by atoms with Gasteiger partial charge in [0.2, 0.25) is 35.4 Å². The number of anilines is 1. The second-order valence-corrected chi connectivity index (χ2v) is 25.3. The van der Waals surface area contributed by atoms with E-state index in [0.717, 1.165) is 17.0 Å². The van der Waals surface area contributed by atoms with Gasteiger partial charge in [0.05, 0.1) is 100 Å². The maximum absolute atomic E-state index is 14.4. The predicted molar refractivity (Wildman–Crippen MR) is 334 cm³/mol. The number of nitrogens with one attached hydrogen (secondary N) is 6. The van der Waals surface area contributed by atoms with Gasteiger partial charge in [-0.25, -0.2) is 17.9 Å². The summed E-state index contributed by atoms with van der Waals surface area (Å²) in [6.07, 6.45) is 2.21. The van der Waals surface area contributed by atoms with Gasteiger partial charge in [0.1, 0.15) is 17.8 Å². The number of primary amides is 1. The Balaban J connectivity index is 1.64. The number of carbonyl (C=O) groups is 10. The van der Waals surface area contributed by atoms with Gasteiger partial charge in [-0.05, 0) is 101 Å². The Hall–Kier alpha value is -6.89. The number of methoxy groups -OCH3 is 2. The van der Waals surface area contributed by atoms with Crippen molar-refractivity contribution in [1.82, 2.24) is 45.6 Å². The van der Waals surface area contributed by atoms with Crippen LogP contribution in [0.4, 0.5) is 10.5 Å². The lowest BCUT2D eigenvalue weighted by Crippen LogP contribution is -2.59. The molecule has 1 unspecified atom stereocenters. The molecule has 8 N–H and O–H groups in total. The number of imide groups is 1. The van der Waals surface area contributed by atoms with Crippen LogP contribution in [-0.2, 0) is 76.9 Å². The normalized spacial score (nSPS) is 16.8. The summed E-state index contributed by atoms with van der Waals surface area (Å²) < 4.78 is 57.9. The summed E-state index contributed by atoms with van der Waals surface area (Å²) in [7, 11) is 3.61. The smallest absolute Gasteiger partial charge is 0.312 e. The first-order valence-electron chi connectivity index (χ1n) is 30.6. The molecule has 90 heavy (non-hydrogen) atoms. The number of hydrogen-bond donors (Lipinski definition) is 7. The summed E-state index contributed by atoms with van der Waals surface area (Å²) in [5.41, 5.74) is 5.62. The van der Waals surface area contributed by atoms with Crippen molar-refractivity contribution in [3.63, 3.8) is 0 Å². The molecule has 0 bridgehead atoms. The highest BCUT2D eigenvalue weighted by Crippen LogP contribution is 2.30. The average Bonchev–Trinajstić information content (AvgIpc) is 1.72. The van der Waals surface area contributed by atoms with Gasteiger partial charge < -0.3 is 65.8 Å². The Morgan fingerprint density at radius 1 is 0.778 bits per heavy atom. The number of rotatable bonds is 40. The van der Waals surface area contributed by atoms with Gasteiger partial charge in [-0.2, -0.15) is 0 Å². The molecule has 3 rings (SSSR count). The topological polar surface area (TPSA) is 362 Å². The number of benzene rings is 1. The number of ether oxygens (including phenoxy) is 5. The van der Waals surface area contributed by atoms with Crippen molar-refractivity contribution < 1.29 is 80.0 Å². The van der Waals surface area contributed by atoms with Crippen molar-refractivity contribution in [2.75, 3.05) is 100.0 Å². The summed E-state index contributed by atoms with van der Waals surface area (Å²) in [6.45, 7) is 17.6. The van der Waals surface area contributed by atoms with Crippen LogP contribution in [0, 0.1) is 23.7 Å². The first-order valence-corrected chi connectivity index (χ1v) is 32.0. The molecule has 0 saturated carbocycles. The fourth-order valence-electron chi connectivity index (χ4n) is 10.8. The van der Waals surface area contributed by atoms with Crippen LogP contribution < -0.4 is 37.0 Å². The van der Waals surface area contributed by atoms with E-state index in [-0.39, 0.29) is 130 Å². The lowest BCUT2D eigenvalue weighted by atomic mass is 9.89. The predicted octanol–water partition coefficient (Wildman–Crippen LogP) is 1.79. The molecule has 1 aromatic rings. The second-order valence-electron chi connectivity index (χ2n) is 23.6. The molecule has 29 heteroatoms. The number of likely N-dealkylation sites (N-methyl/N-ethyl adjacent to an activating group) is 2. The molecule has 0 spiro atoms. The number of hydrogen-bond acceptors (Lipinski definition) is 18. The minimum Gasteiger partial charge on any atom is -0.379 e. The summed E-state index contributed by atoms with van der Waals surface area (Å²) in [5.74, 6) is -6.20. The van der Waals surface area contributed by atoms with E-state index in [0.29, 0.717) is 31.4 Å². The van der Waals surface area contributed by atoms with E-state index in [2.05, 4.69) is 31.3 Å². The first kappa shape index (κ1) is 77.4. The van der Waals surface area contributed by atoms with Gasteiger partial charge in [-0.1, -0.05) is 54.9 Å². The molecule has 1 fully saturated rings. The highest BCUT2D eigenvalue weighted by Gasteiger charge is 2.44. The van der Waals surface area contributed by atoms with Crippen LogP contribution >= 0.6 is 0 Å². The third-order valence-electron chi connectivity index (χ3n) is 15.8. The Morgan fingerprint density at radius 3 is 1.91 bits per heavy atom. The van der Waals surface area contributed by atoms with Gasteiger partial charge in [-0.3, -0.25) is 53.0 Å². The number of urea groups is 1. The zero-order valence-corrected chi connectivity index (χ0v) is 55.7. The zero-order chi connectivity index (χ0) is 67.6. The summed E-state index contributed by atoms with van der Waals surface area (Å²) in [5, 5.41) is 13.3. The van der Waals surface area contributed by atoms with Gasteiger partial charge in [-0.15, -0.1) is 0 Å². The molecule has 1 aromatic carbocycles. The van der Waals surface area contributed by atoms with Crippen LogP contribution in [0.15, 0.2) is 52.6 Å². The molecule has 0 radical (unpaired) electrons. The third-order valence-corrected chi connectivity index (χ3v) is 17.1. The molecule has 11 amide bonds. The fourth-order valence-corrected chi connectivity index (χ4v) is 11.8. The van der Waals surface area contributed by atoms with Crippen molar-refractivity contribution in [2.24, 2.45) is 29.4 Å². The zero-order valence-electron chi connectivity index (χ0n) is 54.8. The quantitative estimate of drug-likeness (QED) is 0.0280. The van der Waals surface area contributed by atoms with Gasteiger partial charge in [0, 0.05) is 52.2 Å². The SMILES string of the molecule is CC[C@H](C)[C@@H]([C@@H](CC(=O)N1CCC[C@H]1[C@H](OC)C(C)C(=O)NS(=O)(=O)c1ccc(NC(=O)[C@H](CCCNC(N)=O)NC(=O)C(NC(=O)CCOCCOCCOCCN2C(=O)C=CC2=O)=C(C)C)cc1)OC)N(C)C(=O)[C@@H](NC(=O)[C@H](C(C)C)N(C)C)C(C)C. The van der Waals surface area contributed by atoms with E-state index < -0.39 is 99.8 Å². The molecular formula is C61H99N11O17S. The maximum atomic E-state index is 14.4. The van der Waals surface area contributed by atoms with Gasteiger partial charge in [0.15, 0.2) is 0 Å². The van der Waals surface area contributed by atoms with Crippen molar-refractivity contribution in [3.8, 4) is 0 Å². The van der Waals surface area contributed by atoms with Gasteiger partial charge in [0.25, 0.3) is 27.7 Å². The fraction of sp³-hybridized carbons (Fsp3) is 0.672. The minimum atomic E-state index is -4.53. The number of likely N-dealkylation sites (tertiary alicyclic amines) is 1. The highest BCUT2D eigenvalue weighted by atomic mass is 32.2. The maximum Gasteiger partial charge on any atom is 0.312 e. The molecule has 506 valence electrons. The Bertz CT molecular complexity index is 2750. The Kier molecular flexibility index (Phi) is 32.7. The molecule has 0 aliphatic carbocycles. The van der Waals surface area contributed by atoms with Crippen LogP contribution in [0.25, 0.3) is 0 Å². The van der Waals surface area contributed by atoms with E-state index in [1.54, 1.807) is 30.7 Å². The van der Waals surface area contributed by atoms with Crippen LogP contribution in [0.5, 0.6) is 0 Å². The minimum absolute atomic E-state index is 0.0135. The van der Waals surface area contributed by atoms with Crippen LogP contribution in [0.2, 0.25) is 0 Å². The Morgan fingerprint density at radius 2 is 1.38 bits per heavy atom. The molecule has 1 saturated heterocycles. The van der Waals surface area contributed by atoms with Crippen molar-refractivity contribution in [1.29, 1.82) is 0 Å². The van der Waals surface area contributed by atoms with Crippen LogP contribution in [0.1, 0.15) is 107 Å². The molecule has 2 aliphatic rings. The number of sulfonamides is 1. The largest absolute Gasteiger partial charge is 0.379 e. The van der Waals surface area contributed by atoms with Crippen molar-refractivity contribution >= 4 is 74.9 Å². The molecule has 2 heterocycles. The van der Waals surface area contributed by atoms with E-state index in [9.17, 15) is 56.4 Å². The molecule has 2 aliphatic heterocycles. The number of carbonyl (C=O) groups excluding carboxylic acids is 10. The average molecular weight is 1290 g/mol. The second kappa shape index (κ2) is 38.1. The summed E-state index contributed by atoms with van der Waals surface area (Å²) in [4.78, 5) is 137. The van der Waals surface area contributed by atoms with E-state index in [4.69, 9.17) is 29.4 Å². The Labute approximate surface area is 530 Å². The lowest BCUT2D eigenvalue weighted by Gasteiger charge is -2.41. The number of nitrogens with zero attached hydrogens (tertiary/aromatic N) is 4. The first-order chi connectivity index (χ1) is 42.4. The summed E-state index contributed by atoms with van der Waals surface area (Å²) >= 11 is 0. The monoisotopic (exact) mass is 1290 g/mol. The van der Waals surface area contributed by atoms with E-state index >= 15 is 0 Å². The molecular weight excluding hydrogens is 1190 g/mol. The third kappa shape index (κ3) is 23.7. The van der Waals surface area contributed by atoms with E-state index in [1.165, 1.54) is 45.4 Å². The van der Waals surface area contributed by atoms with Crippen LogP contribution in [-0.4, -0.2) is 224 Å². The number of amides is 11. The lowest BCUT2D eigenvalue weighted by molar-refractivity contribution is -0.148. The van der Waals surface area contributed by atoms with E-state index in [1.807, 2.05) is 60.5 Å². The van der Waals surface area contributed by atoms with Crippen molar-refractivity contribution in [3.05, 3.63) is 47.7 Å².